The lowest BCUT2D eigenvalue weighted by atomic mass is 10.1. The normalized spacial score (nSPS) is 14.6. The molecule has 1 N–H and O–H groups in total. The molecule has 1 aliphatic rings. The molecule has 0 spiro atoms. The standard InChI is InChI=1S/C14H18N2OS2/c1-10(2)16-13(17)12-6-4-3-5-11(12)9-19-14-15-7-8-18-14/h3-6,10H,7-9H2,1-2H3,(H,16,17). The van der Waals surface area contributed by atoms with Crippen LogP contribution in [0.4, 0.5) is 0 Å². The van der Waals surface area contributed by atoms with Crippen LogP contribution >= 0.6 is 23.5 Å². The van der Waals surface area contributed by atoms with E-state index in [1.54, 1.807) is 23.5 Å². The average molecular weight is 294 g/mol. The monoisotopic (exact) mass is 294 g/mol. The van der Waals surface area contributed by atoms with Crippen molar-refractivity contribution >= 4 is 33.8 Å². The van der Waals surface area contributed by atoms with E-state index in [0.29, 0.717) is 0 Å². The van der Waals surface area contributed by atoms with Gasteiger partial charge in [0.15, 0.2) is 0 Å². The number of carbonyl (C=O) groups is 1. The number of aliphatic imine (C=N–C) groups is 1. The van der Waals surface area contributed by atoms with Crippen molar-refractivity contribution in [2.45, 2.75) is 25.6 Å². The Kier molecular flexibility index (Phi) is 5.34. The Morgan fingerprint density at radius 2 is 2.26 bits per heavy atom. The van der Waals surface area contributed by atoms with E-state index in [9.17, 15) is 4.79 Å². The van der Waals surface area contributed by atoms with E-state index in [1.165, 1.54) is 0 Å². The summed E-state index contributed by atoms with van der Waals surface area (Å²) in [6.45, 7) is 4.86. The first-order valence-corrected chi connectivity index (χ1v) is 8.33. The van der Waals surface area contributed by atoms with E-state index < -0.39 is 0 Å². The Bertz CT molecular complexity index is 486. The molecule has 0 saturated carbocycles. The summed E-state index contributed by atoms with van der Waals surface area (Å²) >= 11 is 3.52. The van der Waals surface area contributed by atoms with Gasteiger partial charge in [0.2, 0.25) is 0 Å². The summed E-state index contributed by atoms with van der Waals surface area (Å²) < 4.78 is 1.14. The summed E-state index contributed by atoms with van der Waals surface area (Å²) in [5, 5.41) is 2.94. The third-order valence-corrected chi connectivity index (χ3v) is 4.89. The van der Waals surface area contributed by atoms with Gasteiger partial charge < -0.3 is 5.32 Å². The summed E-state index contributed by atoms with van der Waals surface area (Å²) in [7, 11) is 0. The number of thioether (sulfide) groups is 2. The van der Waals surface area contributed by atoms with Crippen molar-refractivity contribution in [1.82, 2.24) is 5.32 Å². The van der Waals surface area contributed by atoms with Crippen molar-refractivity contribution in [3.8, 4) is 0 Å². The van der Waals surface area contributed by atoms with Crippen molar-refractivity contribution in [2.75, 3.05) is 12.3 Å². The van der Waals surface area contributed by atoms with Gasteiger partial charge in [0.1, 0.15) is 4.38 Å². The van der Waals surface area contributed by atoms with E-state index in [0.717, 1.165) is 33.6 Å². The van der Waals surface area contributed by atoms with Gasteiger partial charge in [-0.2, -0.15) is 0 Å². The lowest BCUT2D eigenvalue weighted by Crippen LogP contribution is -2.30. The molecule has 5 heteroatoms. The van der Waals surface area contributed by atoms with Crippen LogP contribution in [0.3, 0.4) is 0 Å². The highest BCUT2D eigenvalue weighted by Gasteiger charge is 2.13. The largest absolute Gasteiger partial charge is 0.350 e. The van der Waals surface area contributed by atoms with Gasteiger partial charge in [0.25, 0.3) is 5.91 Å². The SMILES string of the molecule is CC(C)NC(=O)c1ccccc1CSC1=NCCS1. The number of benzene rings is 1. The first-order valence-electron chi connectivity index (χ1n) is 6.35. The van der Waals surface area contributed by atoms with Crippen molar-refractivity contribution in [3.63, 3.8) is 0 Å². The highest BCUT2D eigenvalue weighted by Crippen LogP contribution is 2.26. The molecule has 0 fully saturated rings. The molecule has 1 aliphatic heterocycles. The van der Waals surface area contributed by atoms with Crippen LogP contribution in [0.5, 0.6) is 0 Å². The maximum atomic E-state index is 12.1. The van der Waals surface area contributed by atoms with E-state index in [4.69, 9.17) is 0 Å². The Morgan fingerprint density at radius 1 is 1.47 bits per heavy atom. The van der Waals surface area contributed by atoms with Gasteiger partial charge in [-0.15, -0.1) is 0 Å². The Labute approximate surface area is 122 Å². The fourth-order valence-electron chi connectivity index (χ4n) is 1.75. The Morgan fingerprint density at radius 3 is 2.95 bits per heavy atom. The second-order valence-corrected chi connectivity index (χ2v) is 6.88. The molecule has 1 amide bonds. The summed E-state index contributed by atoms with van der Waals surface area (Å²) in [6.07, 6.45) is 0. The van der Waals surface area contributed by atoms with Crippen LogP contribution in [0.15, 0.2) is 29.3 Å². The maximum absolute atomic E-state index is 12.1. The van der Waals surface area contributed by atoms with Gasteiger partial charge in [-0.05, 0) is 25.5 Å². The third-order valence-electron chi connectivity index (χ3n) is 2.59. The van der Waals surface area contributed by atoms with Crippen LogP contribution in [0.2, 0.25) is 0 Å². The molecule has 19 heavy (non-hydrogen) atoms. The zero-order chi connectivity index (χ0) is 13.7. The fraction of sp³-hybridized carbons (Fsp3) is 0.429. The molecule has 2 rings (SSSR count). The second-order valence-electron chi connectivity index (χ2n) is 4.57. The molecule has 1 aromatic rings. The molecule has 3 nitrogen and oxygen atoms in total. The first kappa shape index (κ1) is 14.5. The van der Waals surface area contributed by atoms with E-state index >= 15 is 0 Å². The fourth-order valence-corrected chi connectivity index (χ4v) is 3.76. The summed E-state index contributed by atoms with van der Waals surface area (Å²) in [5.41, 5.74) is 1.84. The minimum atomic E-state index is 0.00668. The van der Waals surface area contributed by atoms with E-state index in [-0.39, 0.29) is 11.9 Å². The first-order chi connectivity index (χ1) is 9.16. The number of amides is 1. The number of nitrogens with zero attached hydrogens (tertiary/aromatic N) is 1. The second kappa shape index (κ2) is 7.01. The van der Waals surface area contributed by atoms with Gasteiger partial charge in [-0.3, -0.25) is 9.79 Å². The van der Waals surface area contributed by atoms with Crippen molar-refractivity contribution < 1.29 is 4.79 Å². The van der Waals surface area contributed by atoms with Crippen LogP contribution in [0.1, 0.15) is 29.8 Å². The Balaban J connectivity index is 2.05. The number of carbonyl (C=O) groups excluding carboxylic acids is 1. The van der Waals surface area contributed by atoms with Gasteiger partial charge in [-0.1, -0.05) is 41.7 Å². The number of hydrogen-bond acceptors (Lipinski definition) is 4. The van der Waals surface area contributed by atoms with Gasteiger partial charge in [-0.25, -0.2) is 0 Å². The molecule has 102 valence electrons. The predicted octanol–water partition coefficient (Wildman–Crippen LogP) is 3.16. The lowest BCUT2D eigenvalue weighted by Gasteiger charge is -2.12. The minimum Gasteiger partial charge on any atom is -0.350 e. The predicted molar refractivity (Wildman–Crippen MR) is 85.1 cm³/mol. The zero-order valence-corrected chi connectivity index (χ0v) is 12.8. The van der Waals surface area contributed by atoms with Gasteiger partial charge >= 0.3 is 0 Å². The molecule has 0 radical (unpaired) electrons. The van der Waals surface area contributed by atoms with Crippen LogP contribution in [-0.2, 0) is 5.75 Å². The highest BCUT2D eigenvalue weighted by atomic mass is 32.2. The highest BCUT2D eigenvalue weighted by molar-refractivity contribution is 8.38. The summed E-state index contributed by atoms with van der Waals surface area (Å²) in [5.74, 6) is 1.89. The molecule has 0 saturated heterocycles. The number of nitrogens with one attached hydrogen (secondary N) is 1. The molecular formula is C14H18N2OS2. The van der Waals surface area contributed by atoms with Gasteiger partial charge in [0, 0.05) is 23.1 Å². The number of hydrogen-bond donors (Lipinski definition) is 1. The van der Waals surface area contributed by atoms with E-state index in [1.807, 2.05) is 38.1 Å². The minimum absolute atomic E-state index is 0.00668. The van der Waals surface area contributed by atoms with Crippen molar-refractivity contribution in [3.05, 3.63) is 35.4 Å². The molecule has 0 aromatic heterocycles. The molecule has 0 bridgehead atoms. The third kappa shape index (κ3) is 4.28. The number of rotatable bonds is 4. The smallest absolute Gasteiger partial charge is 0.251 e. The van der Waals surface area contributed by atoms with Crippen molar-refractivity contribution in [1.29, 1.82) is 0 Å². The molecule has 0 aliphatic carbocycles. The van der Waals surface area contributed by atoms with Crippen molar-refractivity contribution in [2.24, 2.45) is 4.99 Å². The molecule has 0 atom stereocenters. The quantitative estimate of drug-likeness (QED) is 0.927. The maximum Gasteiger partial charge on any atom is 0.251 e. The Hall–Kier alpha value is -0.940. The lowest BCUT2D eigenvalue weighted by molar-refractivity contribution is 0.0942. The topological polar surface area (TPSA) is 41.5 Å². The summed E-state index contributed by atoms with van der Waals surface area (Å²) in [4.78, 5) is 16.5. The van der Waals surface area contributed by atoms with Gasteiger partial charge in [0.05, 0.1) is 6.54 Å². The van der Waals surface area contributed by atoms with Crippen LogP contribution in [-0.4, -0.2) is 28.6 Å². The van der Waals surface area contributed by atoms with Crippen LogP contribution in [0.25, 0.3) is 0 Å². The molecular weight excluding hydrogens is 276 g/mol. The van der Waals surface area contributed by atoms with E-state index in [2.05, 4.69) is 10.3 Å². The molecule has 1 heterocycles. The van der Waals surface area contributed by atoms with Crippen LogP contribution in [0, 0.1) is 0 Å². The average Bonchev–Trinajstić information content (AvgIpc) is 2.89. The summed E-state index contributed by atoms with van der Waals surface area (Å²) in [6, 6.07) is 7.94. The van der Waals surface area contributed by atoms with Crippen LogP contribution < -0.4 is 5.32 Å². The zero-order valence-electron chi connectivity index (χ0n) is 11.2. The molecule has 0 unspecified atom stereocenters. The molecule has 1 aromatic carbocycles.